The number of thiophene rings is 1. The molecule has 1 N–H and O–H groups in total. The predicted molar refractivity (Wildman–Crippen MR) is 164 cm³/mol. The first-order chi connectivity index (χ1) is 20.0. The van der Waals surface area contributed by atoms with Gasteiger partial charge in [0.15, 0.2) is 11.6 Å². The monoisotopic (exact) mass is 558 g/mol. The van der Waals surface area contributed by atoms with E-state index in [1.165, 1.54) is 11.3 Å². The zero-order valence-corrected chi connectivity index (χ0v) is 23.8. The van der Waals surface area contributed by atoms with Crippen molar-refractivity contribution in [2.24, 2.45) is 5.92 Å². The van der Waals surface area contributed by atoms with Gasteiger partial charge in [0, 0.05) is 22.5 Å². The van der Waals surface area contributed by atoms with E-state index >= 15 is 0 Å². The highest BCUT2D eigenvalue weighted by Crippen LogP contribution is 2.58. The van der Waals surface area contributed by atoms with Crippen LogP contribution < -0.4 is 10.2 Å². The topological polar surface area (TPSA) is 66.5 Å². The van der Waals surface area contributed by atoms with Crippen molar-refractivity contribution in [3.05, 3.63) is 124 Å². The molecule has 3 aliphatic rings. The Labute approximate surface area is 243 Å². The van der Waals surface area contributed by atoms with Gasteiger partial charge in [0.1, 0.15) is 11.5 Å². The first-order valence-corrected chi connectivity index (χ1v) is 15.0. The largest absolute Gasteiger partial charge is 0.352 e. The van der Waals surface area contributed by atoms with Crippen LogP contribution in [0.4, 0.5) is 11.4 Å². The van der Waals surface area contributed by atoms with Gasteiger partial charge in [-0.15, -0.1) is 11.3 Å². The van der Waals surface area contributed by atoms with Gasteiger partial charge in [-0.2, -0.15) is 0 Å². The van der Waals surface area contributed by atoms with Gasteiger partial charge in [-0.25, -0.2) is 0 Å². The molecule has 1 amide bonds. The van der Waals surface area contributed by atoms with E-state index in [0.29, 0.717) is 16.1 Å². The third-order valence-electron chi connectivity index (χ3n) is 8.98. The number of benzene rings is 3. The molecule has 41 heavy (non-hydrogen) atoms. The lowest BCUT2D eigenvalue weighted by molar-refractivity contribution is -0.121. The van der Waals surface area contributed by atoms with E-state index in [9.17, 15) is 14.4 Å². The Morgan fingerprint density at radius 1 is 0.927 bits per heavy atom. The number of fused-ring (bicyclic) bond motifs is 6. The number of hydrogen-bond donors (Lipinski definition) is 1. The van der Waals surface area contributed by atoms with Crippen molar-refractivity contribution < 1.29 is 14.4 Å². The molecule has 1 aromatic heterocycles. The van der Waals surface area contributed by atoms with Crippen LogP contribution in [0.3, 0.4) is 0 Å². The molecule has 0 radical (unpaired) electrons. The molecule has 0 bridgehead atoms. The number of ketones is 2. The van der Waals surface area contributed by atoms with E-state index in [4.69, 9.17) is 0 Å². The number of hydrogen-bond acceptors (Lipinski definition) is 5. The minimum atomic E-state index is -1.29. The summed E-state index contributed by atoms with van der Waals surface area (Å²) in [7, 11) is 0. The van der Waals surface area contributed by atoms with Crippen molar-refractivity contribution in [2.75, 3.05) is 10.2 Å². The number of nitrogens with one attached hydrogen (secondary N) is 1. The number of amides is 1. The molecule has 204 valence electrons. The van der Waals surface area contributed by atoms with Crippen molar-refractivity contribution >= 4 is 45.8 Å². The van der Waals surface area contributed by atoms with Gasteiger partial charge >= 0.3 is 0 Å². The van der Waals surface area contributed by atoms with Crippen LogP contribution in [-0.4, -0.2) is 29.6 Å². The van der Waals surface area contributed by atoms with Crippen molar-refractivity contribution in [1.82, 2.24) is 0 Å². The number of para-hydroxylation sites is 2. The Balaban J connectivity index is 1.52. The van der Waals surface area contributed by atoms with Gasteiger partial charge in [-0.1, -0.05) is 86.2 Å². The third kappa shape index (κ3) is 3.63. The lowest BCUT2D eigenvalue weighted by atomic mass is 9.64. The van der Waals surface area contributed by atoms with Crippen LogP contribution >= 0.6 is 11.3 Å². The molecule has 5 nitrogen and oxygen atoms in total. The molecular weight excluding hydrogens is 528 g/mol. The summed E-state index contributed by atoms with van der Waals surface area (Å²) < 4.78 is 0. The second kappa shape index (κ2) is 9.67. The number of aryl methyl sites for hydroxylation is 1. The Morgan fingerprint density at radius 2 is 1.68 bits per heavy atom. The first kappa shape index (κ1) is 25.7. The number of Topliss-reactive ketones (excluding diaryl/α,β-unsaturated/α-hetero) is 2. The summed E-state index contributed by atoms with van der Waals surface area (Å²) in [5.74, 6) is -1.51. The van der Waals surface area contributed by atoms with Crippen molar-refractivity contribution in [3.63, 3.8) is 0 Å². The molecule has 1 spiro atoms. The summed E-state index contributed by atoms with van der Waals surface area (Å²) in [5.41, 5.74) is 4.76. The smallest absolute Gasteiger partial charge is 0.238 e. The maximum Gasteiger partial charge on any atom is 0.238 e. The average molecular weight is 559 g/mol. The Bertz CT molecular complexity index is 1720. The molecule has 3 aliphatic heterocycles. The molecule has 4 heterocycles. The zero-order chi connectivity index (χ0) is 28.3. The van der Waals surface area contributed by atoms with E-state index in [1.807, 2.05) is 97.2 Å². The third-order valence-corrected chi connectivity index (χ3v) is 9.86. The lowest BCUT2D eigenvalue weighted by Gasteiger charge is -2.39. The number of carbonyl (C=O) groups excluding carboxylic acids is 3. The normalized spacial score (nSPS) is 24.0. The fourth-order valence-corrected chi connectivity index (χ4v) is 7.95. The maximum absolute atomic E-state index is 14.9. The van der Waals surface area contributed by atoms with Crippen LogP contribution in [0, 0.1) is 5.92 Å². The average Bonchev–Trinajstić information content (AvgIpc) is 3.70. The van der Waals surface area contributed by atoms with Crippen LogP contribution in [0.15, 0.2) is 96.4 Å². The summed E-state index contributed by atoms with van der Waals surface area (Å²) in [6, 6.07) is 25.6. The molecule has 0 unspecified atom stereocenters. The van der Waals surface area contributed by atoms with Gasteiger partial charge in [-0.3, -0.25) is 14.4 Å². The number of rotatable bonds is 6. The molecule has 6 heteroatoms. The maximum atomic E-state index is 14.9. The predicted octanol–water partition coefficient (Wildman–Crippen LogP) is 6.95. The van der Waals surface area contributed by atoms with Gasteiger partial charge in [-0.05, 0) is 53.6 Å². The Hall–Kier alpha value is -4.29. The highest BCUT2D eigenvalue weighted by Gasteiger charge is 2.70. The Kier molecular flexibility index (Phi) is 6.05. The number of nitrogens with zero attached hydrogens (tertiary/aromatic N) is 1. The Morgan fingerprint density at radius 3 is 2.44 bits per heavy atom. The highest BCUT2D eigenvalue weighted by atomic mass is 32.1. The molecule has 3 aromatic carbocycles. The van der Waals surface area contributed by atoms with Gasteiger partial charge in [0.05, 0.1) is 16.8 Å². The minimum absolute atomic E-state index is 0.136. The SMILES string of the molecule is CCCc1ccc(C(=O)[C@H]2[C@H](C(=O)c3cccs3)N3c4ccccc4C(C)=C[C@@H]3[C@]23C(=O)Nc2ccccc23)cc1. The van der Waals surface area contributed by atoms with Crippen LogP contribution in [0.1, 0.15) is 57.0 Å². The van der Waals surface area contributed by atoms with Crippen LogP contribution in [0.25, 0.3) is 5.57 Å². The van der Waals surface area contributed by atoms with E-state index in [-0.39, 0.29) is 17.5 Å². The fourth-order valence-electron chi connectivity index (χ4n) is 7.26. The standard InChI is InChI=1S/C35H30N2O3S/c1-3-9-22-15-17-23(18-16-22)32(38)30-31(33(39)28-14-8-19-41-28)37-27-13-7-4-10-24(27)21(2)20-29(37)35(30)25-11-5-6-12-26(25)36-34(35)40/h4-8,10-20,29-31H,3,9H2,1-2H3,(H,36,40)/t29-,30-,31-,35+/m1/s1. The summed E-state index contributed by atoms with van der Waals surface area (Å²) in [4.78, 5) is 46.5. The fraction of sp³-hybridized carbons (Fsp3) is 0.229. The molecule has 1 saturated heterocycles. The summed E-state index contributed by atoms with van der Waals surface area (Å²) in [5, 5.41) is 4.98. The number of allylic oxidation sites excluding steroid dienone is 1. The van der Waals surface area contributed by atoms with Crippen molar-refractivity contribution in [1.29, 1.82) is 0 Å². The van der Waals surface area contributed by atoms with Crippen LogP contribution in [0.2, 0.25) is 0 Å². The van der Waals surface area contributed by atoms with Gasteiger partial charge in [0.25, 0.3) is 0 Å². The number of carbonyl (C=O) groups is 3. The minimum Gasteiger partial charge on any atom is -0.352 e. The second-order valence-corrected chi connectivity index (χ2v) is 12.1. The van der Waals surface area contributed by atoms with E-state index in [2.05, 4.69) is 23.2 Å². The van der Waals surface area contributed by atoms with Crippen molar-refractivity contribution in [3.8, 4) is 0 Å². The quantitative estimate of drug-likeness (QED) is 0.260. The molecule has 0 saturated carbocycles. The van der Waals surface area contributed by atoms with Gasteiger partial charge < -0.3 is 10.2 Å². The van der Waals surface area contributed by atoms with E-state index < -0.39 is 23.4 Å². The van der Waals surface area contributed by atoms with E-state index in [1.54, 1.807) is 0 Å². The number of anilines is 2. The second-order valence-electron chi connectivity index (χ2n) is 11.2. The summed E-state index contributed by atoms with van der Waals surface area (Å²) in [6.45, 7) is 4.17. The first-order valence-electron chi connectivity index (χ1n) is 14.1. The van der Waals surface area contributed by atoms with Crippen LogP contribution in [0.5, 0.6) is 0 Å². The molecule has 4 aromatic rings. The molecule has 1 fully saturated rings. The van der Waals surface area contributed by atoms with Crippen molar-refractivity contribution in [2.45, 2.75) is 44.2 Å². The lowest BCUT2D eigenvalue weighted by Crippen LogP contribution is -2.51. The van der Waals surface area contributed by atoms with Crippen LogP contribution in [-0.2, 0) is 16.6 Å². The highest BCUT2D eigenvalue weighted by molar-refractivity contribution is 7.12. The molecular formula is C35H30N2O3S. The summed E-state index contributed by atoms with van der Waals surface area (Å²) in [6.07, 6.45) is 4.03. The van der Waals surface area contributed by atoms with E-state index in [0.717, 1.165) is 40.8 Å². The van der Waals surface area contributed by atoms with Gasteiger partial charge in [0.2, 0.25) is 5.91 Å². The molecule has 4 atom stereocenters. The zero-order valence-electron chi connectivity index (χ0n) is 23.0. The molecule has 7 rings (SSSR count). The summed E-state index contributed by atoms with van der Waals surface area (Å²) >= 11 is 1.37. The molecule has 0 aliphatic carbocycles.